The fourth-order valence-corrected chi connectivity index (χ4v) is 3.82. The number of halogens is 3. The summed E-state index contributed by atoms with van der Waals surface area (Å²) >= 11 is 0. The van der Waals surface area contributed by atoms with Crippen LogP contribution in [0.5, 0.6) is 0 Å². The van der Waals surface area contributed by atoms with Crippen molar-refractivity contribution in [3.63, 3.8) is 0 Å². The molecule has 0 aromatic carbocycles. The molecule has 1 aliphatic rings. The minimum Gasteiger partial charge on any atom is -0.355 e. The largest absolute Gasteiger partial charge is 0.401 e. The molecule has 0 spiro atoms. The molecule has 2 heterocycles. The van der Waals surface area contributed by atoms with Gasteiger partial charge in [0.25, 0.3) is 5.56 Å². The number of hydrogen-bond donors (Lipinski definition) is 1. The fraction of sp³-hybridized carbons (Fsp3) is 0.667. The van der Waals surface area contributed by atoms with Gasteiger partial charge in [0.1, 0.15) is 5.82 Å². The molecule has 0 unspecified atom stereocenters. The first-order chi connectivity index (χ1) is 13.6. The van der Waals surface area contributed by atoms with Gasteiger partial charge in [-0.3, -0.25) is 14.3 Å². The van der Waals surface area contributed by atoms with Crippen molar-refractivity contribution >= 4 is 17.5 Å². The van der Waals surface area contributed by atoms with Crippen LogP contribution in [0.4, 0.5) is 19.0 Å². The second-order valence-corrected chi connectivity index (χ2v) is 7.65. The zero-order chi connectivity index (χ0) is 21.8. The van der Waals surface area contributed by atoms with E-state index in [9.17, 15) is 18.0 Å². The van der Waals surface area contributed by atoms with Gasteiger partial charge in [-0.05, 0) is 43.7 Å². The Morgan fingerprint density at radius 2 is 1.86 bits per heavy atom. The van der Waals surface area contributed by atoms with Crippen LogP contribution in [0.2, 0.25) is 0 Å². The van der Waals surface area contributed by atoms with E-state index in [-0.39, 0.29) is 11.6 Å². The van der Waals surface area contributed by atoms with Crippen molar-refractivity contribution in [2.45, 2.75) is 46.3 Å². The second kappa shape index (κ2) is 9.80. The quantitative estimate of drug-likeness (QED) is 0.765. The van der Waals surface area contributed by atoms with Crippen LogP contribution in [0, 0.1) is 0 Å². The summed E-state index contributed by atoms with van der Waals surface area (Å²) in [5, 5.41) is 4.99. The Labute approximate surface area is 170 Å². The fourth-order valence-electron chi connectivity index (χ4n) is 3.82. The highest BCUT2D eigenvalue weighted by Crippen LogP contribution is 2.19. The number of nitrogens with zero attached hydrogens (tertiary/aromatic N) is 3. The average Bonchev–Trinajstić information content (AvgIpc) is 2.65. The number of anilines is 1. The lowest BCUT2D eigenvalue weighted by Crippen LogP contribution is -2.53. The Morgan fingerprint density at radius 1 is 1.24 bits per heavy atom. The molecule has 0 saturated carbocycles. The summed E-state index contributed by atoms with van der Waals surface area (Å²) in [6.07, 6.45) is -1.49. The van der Waals surface area contributed by atoms with Crippen LogP contribution in [0.3, 0.4) is 0 Å². The molecule has 1 fully saturated rings. The smallest absolute Gasteiger partial charge is 0.355 e. The van der Waals surface area contributed by atoms with Crippen LogP contribution in [0.1, 0.15) is 34.1 Å². The molecular formula is C21H33F3N4O. The van der Waals surface area contributed by atoms with Crippen LogP contribution >= 0.6 is 0 Å². The van der Waals surface area contributed by atoms with Crippen molar-refractivity contribution in [2.75, 3.05) is 44.2 Å². The number of nitrogens with one attached hydrogen (secondary N) is 1. The molecule has 2 rings (SSSR count). The van der Waals surface area contributed by atoms with Crippen molar-refractivity contribution in [1.82, 2.24) is 14.8 Å². The Bertz CT molecular complexity index is 868. The molecule has 0 bridgehead atoms. The van der Waals surface area contributed by atoms with Crippen LogP contribution in [0.15, 0.2) is 10.9 Å². The van der Waals surface area contributed by atoms with E-state index in [4.69, 9.17) is 0 Å². The predicted octanol–water partition coefficient (Wildman–Crippen LogP) is 1.43. The van der Waals surface area contributed by atoms with Crippen LogP contribution in [-0.4, -0.2) is 61.0 Å². The standard InChI is InChI=1S/C21H33F3N4O/c1-6-8-17-18(15(3)16(4)25-7-2)13-19(26(5)20(17)29)28-11-9-27(10-12-28)14-21(22,23)24/h8,13,16,25H,6-7,9-12,14H2,1-5H3/b17-8+,18-15+/t16-/m1/s1. The monoisotopic (exact) mass is 414 g/mol. The van der Waals surface area contributed by atoms with E-state index < -0.39 is 12.7 Å². The Morgan fingerprint density at radius 3 is 2.38 bits per heavy atom. The molecule has 8 heteroatoms. The number of alkyl halides is 3. The van der Waals surface area contributed by atoms with E-state index in [1.165, 1.54) is 4.90 Å². The van der Waals surface area contributed by atoms with E-state index in [2.05, 4.69) is 12.2 Å². The van der Waals surface area contributed by atoms with Crippen LogP contribution in [0.25, 0.3) is 11.6 Å². The van der Waals surface area contributed by atoms with Crippen molar-refractivity contribution in [1.29, 1.82) is 0 Å². The summed E-state index contributed by atoms with van der Waals surface area (Å²) in [7, 11) is 1.74. The van der Waals surface area contributed by atoms with Gasteiger partial charge in [-0.1, -0.05) is 19.9 Å². The minimum atomic E-state index is -4.19. The third-order valence-corrected chi connectivity index (χ3v) is 5.53. The lowest BCUT2D eigenvalue weighted by Gasteiger charge is -2.36. The van der Waals surface area contributed by atoms with E-state index in [1.54, 1.807) is 11.6 Å². The highest BCUT2D eigenvalue weighted by atomic mass is 19.4. The maximum Gasteiger partial charge on any atom is 0.401 e. The summed E-state index contributed by atoms with van der Waals surface area (Å²) in [5.41, 5.74) is 1.02. The van der Waals surface area contributed by atoms with E-state index in [1.807, 2.05) is 37.8 Å². The molecule has 164 valence electrons. The van der Waals surface area contributed by atoms with E-state index in [0.29, 0.717) is 31.4 Å². The molecular weight excluding hydrogens is 381 g/mol. The van der Waals surface area contributed by atoms with Gasteiger partial charge in [-0.15, -0.1) is 0 Å². The van der Waals surface area contributed by atoms with Crippen LogP contribution < -0.4 is 26.2 Å². The number of rotatable bonds is 6. The first-order valence-electron chi connectivity index (χ1n) is 10.3. The van der Waals surface area contributed by atoms with Gasteiger partial charge in [0, 0.05) is 44.5 Å². The van der Waals surface area contributed by atoms with Gasteiger partial charge in [-0.25, -0.2) is 0 Å². The maximum absolute atomic E-state index is 13.1. The molecule has 5 nitrogen and oxygen atoms in total. The van der Waals surface area contributed by atoms with Gasteiger partial charge in [0.05, 0.1) is 6.54 Å². The predicted molar refractivity (Wildman–Crippen MR) is 113 cm³/mol. The van der Waals surface area contributed by atoms with Gasteiger partial charge in [0.15, 0.2) is 0 Å². The summed E-state index contributed by atoms with van der Waals surface area (Å²) in [5.74, 6) is 0.757. The molecule has 1 N–H and O–H groups in total. The lowest BCUT2D eigenvalue weighted by atomic mass is 10.1. The normalized spacial score (nSPS) is 18.9. The highest BCUT2D eigenvalue weighted by Gasteiger charge is 2.32. The average molecular weight is 415 g/mol. The zero-order valence-corrected chi connectivity index (χ0v) is 18.1. The molecule has 0 radical (unpaired) electrons. The van der Waals surface area contributed by atoms with Crippen molar-refractivity contribution in [2.24, 2.45) is 7.05 Å². The van der Waals surface area contributed by atoms with Gasteiger partial charge in [0.2, 0.25) is 0 Å². The van der Waals surface area contributed by atoms with Crippen molar-refractivity contribution < 1.29 is 13.2 Å². The summed E-state index contributed by atoms with van der Waals surface area (Å²) in [6.45, 7) is 9.64. The third kappa shape index (κ3) is 5.85. The molecule has 0 amide bonds. The Kier molecular flexibility index (Phi) is 7.94. The Hall–Kier alpha value is -1.80. The van der Waals surface area contributed by atoms with Crippen molar-refractivity contribution in [3.05, 3.63) is 26.9 Å². The van der Waals surface area contributed by atoms with Gasteiger partial charge >= 0.3 is 6.18 Å². The molecule has 1 aromatic heterocycles. The molecule has 1 saturated heterocycles. The molecule has 1 atom stereocenters. The second-order valence-electron chi connectivity index (χ2n) is 7.65. The van der Waals surface area contributed by atoms with Gasteiger partial charge in [-0.2, -0.15) is 13.2 Å². The summed E-state index contributed by atoms with van der Waals surface area (Å²) in [6, 6.07) is 2.14. The lowest BCUT2D eigenvalue weighted by molar-refractivity contribution is -0.146. The van der Waals surface area contributed by atoms with Crippen LogP contribution in [-0.2, 0) is 7.05 Å². The number of hydrogen-bond acceptors (Lipinski definition) is 4. The molecule has 1 aromatic rings. The number of piperazine rings is 1. The zero-order valence-electron chi connectivity index (χ0n) is 18.1. The van der Waals surface area contributed by atoms with E-state index in [0.717, 1.165) is 29.6 Å². The number of aromatic nitrogens is 1. The Balaban J connectivity index is 2.46. The molecule has 29 heavy (non-hydrogen) atoms. The first-order valence-corrected chi connectivity index (χ1v) is 10.3. The summed E-state index contributed by atoms with van der Waals surface area (Å²) < 4.78 is 39.6. The molecule has 1 aliphatic heterocycles. The minimum absolute atomic E-state index is 0.0693. The number of pyridine rings is 1. The van der Waals surface area contributed by atoms with E-state index >= 15 is 0 Å². The maximum atomic E-state index is 13.1. The third-order valence-electron chi connectivity index (χ3n) is 5.53. The van der Waals surface area contributed by atoms with Crippen molar-refractivity contribution in [3.8, 4) is 0 Å². The highest BCUT2D eigenvalue weighted by molar-refractivity contribution is 5.53. The first kappa shape index (κ1) is 23.5. The summed E-state index contributed by atoms with van der Waals surface area (Å²) in [4.78, 5) is 16.5. The van der Waals surface area contributed by atoms with Gasteiger partial charge < -0.3 is 10.2 Å². The SMILES string of the molecule is CC/C=c1/c(=O)n(C)c(N2CCN(CC(F)(F)F)CC2)c/c1=C(/C)[C@@H](C)NCC. The molecule has 0 aliphatic carbocycles. The topological polar surface area (TPSA) is 40.5 Å².